The van der Waals surface area contributed by atoms with Crippen molar-refractivity contribution in [1.82, 2.24) is 5.32 Å². The fraction of sp³-hybridized carbons (Fsp3) is 0.500. The number of benzene rings is 1. The lowest BCUT2D eigenvalue weighted by molar-refractivity contribution is 0.341. The van der Waals surface area contributed by atoms with Gasteiger partial charge in [0.15, 0.2) is 5.11 Å². The quantitative estimate of drug-likeness (QED) is 0.638. The Kier molecular flexibility index (Phi) is 5.25. The summed E-state index contributed by atoms with van der Waals surface area (Å²) in [5.74, 6) is 3.46. The van der Waals surface area contributed by atoms with Crippen molar-refractivity contribution in [2.45, 2.75) is 57.4 Å². The third kappa shape index (κ3) is 4.22. The molecule has 1 fully saturated rings. The van der Waals surface area contributed by atoms with Crippen LogP contribution in [0.15, 0.2) is 24.3 Å². The fourth-order valence-electron chi connectivity index (χ4n) is 2.79. The Bertz CT molecular complexity index is 519. The number of rotatable bonds is 3. The minimum Gasteiger partial charge on any atom is -0.346 e. The van der Waals surface area contributed by atoms with Gasteiger partial charge in [0.2, 0.25) is 0 Å². The number of nitrogens with one attached hydrogen (secondary N) is 2. The van der Waals surface area contributed by atoms with Crippen LogP contribution in [0.25, 0.3) is 0 Å². The van der Waals surface area contributed by atoms with E-state index in [9.17, 15) is 0 Å². The standard InChI is InChI=1S/C18H24N2S/c1-4-18(12-6-5-7-13-18)20-17(21)19-16-10-8-15(9-11-16)14(2)3/h1,8-11,14H,5-7,12-13H2,2-3H3,(H2,19,20,21). The Hall–Kier alpha value is -1.53. The van der Waals surface area contributed by atoms with Crippen LogP contribution < -0.4 is 10.6 Å². The Balaban J connectivity index is 1.96. The average molecular weight is 300 g/mol. The summed E-state index contributed by atoms with van der Waals surface area (Å²) in [7, 11) is 0. The van der Waals surface area contributed by atoms with E-state index in [2.05, 4.69) is 54.7 Å². The van der Waals surface area contributed by atoms with Gasteiger partial charge in [0.05, 0.1) is 0 Å². The molecule has 1 aromatic rings. The maximum atomic E-state index is 5.73. The van der Waals surface area contributed by atoms with Gasteiger partial charge in [-0.3, -0.25) is 0 Å². The molecule has 112 valence electrons. The van der Waals surface area contributed by atoms with Crippen molar-refractivity contribution in [2.75, 3.05) is 5.32 Å². The second kappa shape index (κ2) is 6.95. The van der Waals surface area contributed by atoms with E-state index in [1.165, 1.54) is 24.8 Å². The van der Waals surface area contributed by atoms with Crippen molar-refractivity contribution in [3.8, 4) is 12.3 Å². The van der Waals surface area contributed by atoms with Crippen LogP contribution >= 0.6 is 12.2 Å². The lowest BCUT2D eigenvalue weighted by Crippen LogP contribution is -2.50. The molecular weight excluding hydrogens is 276 g/mol. The summed E-state index contributed by atoms with van der Waals surface area (Å²) in [6.45, 7) is 4.38. The third-order valence-electron chi connectivity index (χ3n) is 4.17. The van der Waals surface area contributed by atoms with Gasteiger partial charge < -0.3 is 10.6 Å². The zero-order valence-electron chi connectivity index (χ0n) is 12.9. The van der Waals surface area contributed by atoms with E-state index < -0.39 is 0 Å². The van der Waals surface area contributed by atoms with E-state index in [-0.39, 0.29) is 5.54 Å². The van der Waals surface area contributed by atoms with E-state index in [1.807, 2.05) is 0 Å². The van der Waals surface area contributed by atoms with Crippen LogP contribution in [0, 0.1) is 12.3 Å². The van der Waals surface area contributed by atoms with Crippen molar-refractivity contribution in [3.63, 3.8) is 0 Å². The molecule has 0 amide bonds. The van der Waals surface area contributed by atoms with Crippen LogP contribution in [-0.4, -0.2) is 10.7 Å². The molecule has 0 radical (unpaired) electrons. The van der Waals surface area contributed by atoms with Crippen LogP contribution in [0.1, 0.15) is 57.4 Å². The molecule has 0 aliphatic heterocycles. The Morgan fingerprint density at radius 3 is 2.33 bits per heavy atom. The van der Waals surface area contributed by atoms with E-state index in [4.69, 9.17) is 18.6 Å². The Morgan fingerprint density at radius 2 is 1.81 bits per heavy atom. The van der Waals surface area contributed by atoms with E-state index in [0.29, 0.717) is 11.0 Å². The minimum absolute atomic E-state index is 0.264. The molecule has 0 heterocycles. The van der Waals surface area contributed by atoms with Gasteiger partial charge in [-0.05, 0) is 48.7 Å². The summed E-state index contributed by atoms with van der Waals surface area (Å²) in [5.41, 5.74) is 2.06. The number of hydrogen-bond acceptors (Lipinski definition) is 1. The molecule has 1 saturated carbocycles. The van der Waals surface area contributed by atoms with Gasteiger partial charge in [0.25, 0.3) is 0 Å². The van der Waals surface area contributed by atoms with Crippen LogP contribution in [0.3, 0.4) is 0 Å². The highest BCUT2D eigenvalue weighted by Gasteiger charge is 2.30. The summed E-state index contributed by atoms with van der Waals surface area (Å²) in [5, 5.41) is 7.21. The molecule has 3 heteroatoms. The normalized spacial score (nSPS) is 17.0. The average Bonchev–Trinajstić information content (AvgIpc) is 2.48. The minimum atomic E-state index is -0.264. The van der Waals surface area contributed by atoms with Gasteiger partial charge in [-0.15, -0.1) is 6.42 Å². The van der Waals surface area contributed by atoms with Gasteiger partial charge in [0, 0.05) is 5.69 Å². The zero-order valence-corrected chi connectivity index (χ0v) is 13.7. The second-order valence-corrected chi connectivity index (χ2v) is 6.55. The van der Waals surface area contributed by atoms with Gasteiger partial charge in [-0.2, -0.15) is 0 Å². The van der Waals surface area contributed by atoms with E-state index >= 15 is 0 Å². The molecule has 0 saturated heterocycles. The molecule has 2 nitrogen and oxygen atoms in total. The van der Waals surface area contributed by atoms with Crippen LogP contribution in [-0.2, 0) is 0 Å². The molecule has 1 aliphatic carbocycles. The first-order valence-electron chi connectivity index (χ1n) is 7.71. The largest absolute Gasteiger partial charge is 0.346 e. The smallest absolute Gasteiger partial charge is 0.171 e. The highest BCUT2D eigenvalue weighted by atomic mass is 32.1. The van der Waals surface area contributed by atoms with Crippen molar-refractivity contribution >= 4 is 23.0 Å². The summed E-state index contributed by atoms with van der Waals surface area (Å²) >= 11 is 5.42. The maximum Gasteiger partial charge on any atom is 0.171 e. The maximum absolute atomic E-state index is 5.73. The molecular formula is C18H24N2S. The zero-order chi connectivity index (χ0) is 15.3. The number of thiocarbonyl (C=S) groups is 1. The number of hydrogen-bond donors (Lipinski definition) is 2. The first-order valence-corrected chi connectivity index (χ1v) is 8.12. The monoisotopic (exact) mass is 300 g/mol. The van der Waals surface area contributed by atoms with E-state index in [1.54, 1.807) is 0 Å². The van der Waals surface area contributed by atoms with Crippen LogP contribution in [0.2, 0.25) is 0 Å². The predicted octanol–water partition coefficient (Wildman–Crippen LogP) is 4.43. The lowest BCUT2D eigenvalue weighted by Gasteiger charge is -2.34. The van der Waals surface area contributed by atoms with Crippen molar-refractivity contribution < 1.29 is 0 Å². The number of terminal acetylenes is 1. The van der Waals surface area contributed by atoms with Crippen molar-refractivity contribution in [3.05, 3.63) is 29.8 Å². The summed E-state index contributed by atoms with van der Waals surface area (Å²) in [6, 6.07) is 8.39. The summed E-state index contributed by atoms with van der Waals surface area (Å²) in [4.78, 5) is 0. The van der Waals surface area contributed by atoms with Crippen LogP contribution in [0.5, 0.6) is 0 Å². The van der Waals surface area contributed by atoms with Gasteiger partial charge in [-0.25, -0.2) is 0 Å². The molecule has 0 bridgehead atoms. The molecule has 1 aromatic carbocycles. The molecule has 0 aromatic heterocycles. The first kappa shape index (κ1) is 15.9. The SMILES string of the molecule is C#CC1(NC(=S)Nc2ccc(C(C)C)cc2)CCCCC1. The number of anilines is 1. The fourth-order valence-corrected chi connectivity index (χ4v) is 3.10. The molecule has 0 spiro atoms. The van der Waals surface area contributed by atoms with Gasteiger partial charge in [-0.1, -0.05) is 51.2 Å². The highest BCUT2D eigenvalue weighted by Crippen LogP contribution is 2.27. The topological polar surface area (TPSA) is 24.1 Å². The van der Waals surface area contributed by atoms with Gasteiger partial charge in [0.1, 0.15) is 5.54 Å². The lowest BCUT2D eigenvalue weighted by atomic mass is 9.82. The molecule has 0 atom stereocenters. The summed E-state index contributed by atoms with van der Waals surface area (Å²) < 4.78 is 0. The molecule has 2 rings (SSSR count). The molecule has 1 aliphatic rings. The summed E-state index contributed by atoms with van der Waals surface area (Å²) in [6.07, 6.45) is 11.3. The highest BCUT2D eigenvalue weighted by molar-refractivity contribution is 7.80. The molecule has 2 N–H and O–H groups in total. The molecule has 0 unspecified atom stereocenters. The van der Waals surface area contributed by atoms with Gasteiger partial charge >= 0.3 is 0 Å². The van der Waals surface area contributed by atoms with E-state index in [0.717, 1.165) is 18.5 Å². The van der Waals surface area contributed by atoms with Crippen molar-refractivity contribution in [2.24, 2.45) is 0 Å². The third-order valence-corrected chi connectivity index (χ3v) is 4.38. The molecule has 21 heavy (non-hydrogen) atoms. The Morgan fingerprint density at radius 1 is 1.19 bits per heavy atom. The first-order chi connectivity index (χ1) is 10.0. The van der Waals surface area contributed by atoms with Crippen molar-refractivity contribution in [1.29, 1.82) is 0 Å². The van der Waals surface area contributed by atoms with Crippen LogP contribution in [0.4, 0.5) is 5.69 Å². The second-order valence-electron chi connectivity index (χ2n) is 6.14. The predicted molar refractivity (Wildman–Crippen MR) is 94.5 cm³/mol. The Labute approximate surface area is 133 Å².